The lowest BCUT2D eigenvalue weighted by atomic mass is 10.2. The first kappa shape index (κ1) is 12.5. The number of aromatic carboxylic acids is 1. The molecule has 0 atom stereocenters. The first-order valence-electron chi connectivity index (χ1n) is 4.82. The number of carbonyl (C=O) groups is 1. The second-order valence-corrected chi connectivity index (χ2v) is 3.13. The molecule has 0 bridgehead atoms. The molecule has 0 aliphatic heterocycles. The number of nitrogens with one attached hydrogen (secondary N) is 1. The van der Waals surface area contributed by atoms with Gasteiger partial charge in [0.25, 0.3) is 0 Å². The van der Waals surface area contributed by atoms with Gasteiger partial charge in [-0.1, -0.05) is 23.9 Å². The van der Waals surface area contributed by atoms with Crippen LogP contribution in [0.3, 0.4) is 0 Å². The van der Waals surface area contributed by atoms with Crippen molar-refractivity contribution in [3.05, 3.63) is 54.4 Å². The molecule has 0 spiro atoms. The number of aromatic amines is 1. The number of aromatic nitrogens is 1. The fourth-order valence-electron chi connectivity index (χ4n) is 1.04. The second kappa shape index (κ2) is 6.12. The molecule has 0 amide bonds. The van der Waals surface area contributed by atoms with Crippen molar-refractivity contribution in [1.82, 2.24) is 0 Å². The van der Waals surface area contributed by atoms with Crippen LogP contribution in [0.2, 0.25) is 0 Å². The van der Waals surface area contributed by atoms with E-state index in [1.165, 1.54) is 24.3 Å². The molecule has 0 aliphatic carbocycles. The average Bonchev–Trinajstić information content (AvgIpc) is 2.31. The molecule has 1 aromatic heterocycles. The predicted molar refractivity (Wildman–Crippen MR) is 60.3 cm³/mol. The molecule has 0 saturated carbocycles. The van der Waals surface area contributed by atoms with E-state index >= 15 is 0 Å². The predicted octanol–water partition coefficient (Wildman–Crippen LogP) is 0.541. The van der Waals surface area contributed by atoms with Gasteiger partial charge in [-0.2, -0.15) is 0 Å². The van der Waals surface area contributed by atoms with E-state index in [-0.39, 0.29) is 5.56 Å². The number of anilines is 1. The Morgan fingerprint density at radius 2 is 1.76 bits per heavy atom. The van der Waals surface area contributed by atoms with Crippen LogP contribution in [0.15, 0.2) is 48.8 Å². The zero-order chi connectivity index (χ0) is 12.7. The first-order chi connectivity index (χ1) is 8.11. The summed E-state index contributed by atoms with van der Waals surface area (Å²) in [4.78, 5) is 13.1. The van der Waals surface area contributed by atoms with Crippen molar-refractivity contribution in [2.24, 2.45) is 0 Å². The monoisotopic (exact) mass is 232 g/mol. The lowest BCUT2D eigenvalue weighted by molar-refractivity contribution is -0.377. The van der Waals surface area contributed by atoms with Crippen molar-refractivity contribution in [1.29, 1.82) is 0 Å². The van der Waals surface area contributed by atoms with E-state index in [1.54, 1.807) is 24.5 Å². The van der Waals surface area contributed by atoms with Gasteiger partial charge in [0.2, 0.25) is 0 Å². The Bertz CT molecular complexity index is 486. The zero-order valence-electron chi connectivity index (χ0n) is 8.96. The minimum Gasteiger partial charge on any atom is -0.872 e. The van der Waals surface area contributed by atoms with Gasteiger partial charge in [0.05, 0.1) is 5.56 Å². The van der Waals surface area contributed by atoms with Gasteiger partial charge in [-0.3, -0.25) is 0 Å². The molecule has 4 N–H and O–H groups in total. The normalized spacial score (nSPS) is 8.94. The summed E-state index contributed by atoms with van der Waals surface area (Å²) in [5.74, 6) is -1.62. The van der Waals surface area contributed by atoms with Crippen LogP contribution in [0.5, 0.6) is 5.75 Å². The van der Waals surface area contributed by atoms with E-state index < -0.39 is 11.7 Å². The molecular weight excluding hydrogens is 220 g/mol. The third-order valence-corrected chi connectivity index (χ3v) is 1.86. The number of H-pyrrole nitrogens is 1. The number of para-hydroxylation sites is 1. The second-order valence-electron chi connectivity index (χ2n) is 3.13. The number of benzene rings is 1. The number of hydrogen-bond acceptors (Lipinski definition) is 3. The summed E-state index contributed by atoms with van der Waals surface area (Å²) in [6.07, 6.45) is 3.57. The summed E-state index contributed by atoms with van der Waals surface area (Å²) in [5.41, 5.74) is 5.95. The lowest BCUT2D eigenvalue weighted by Gasteiger charge is -2.07. The highest BCUT2D eigenvalue weighted by Crippen LogP contribution is 2.10. The van der Waals surface area contributed by atoms with Gasteiger partial charge in [0, 0.05) is 17.8 Å². The molecule has 2 rings (SSSR count). The highest BCUT2D eigenvalue weighted by atomic mass is 16.4. The smallest absolute Gasteiger partial charge is 0.335 e. The van der Waals surface area contributed by atoms with Gasteiger partial charge in [-0.15, -0.1) is 0 Å². The quantitative estimate of drug-likeness (QED) is 0.749. The summed E-state index contributed by atoms with van der Waals surface area (Å²) in [7, 11) is 0. The van der Waals surface area contributed by atoms with Crippen LogP contribution in [0.4, 0.5) is 5.69 Å². The van der Waals surface area contributed by atoms with E-state index in [0.717, 1.165) is 5.69 Å². The van der Waals surface area contributed by atoms with E-state index in [9.17, 15) is 9.90 Å². The molecular formula is C12H12N2O3. The van der Waals surface area contributed by atoms with Crippen molar-refractivity contribution in [3.63, 3.8) is 0 Å². The summed E-state index contributed by atoms with van der Waals surface area (Å²) in [5, 5.41) is 19.0. The fourth-order valence-corrected chi connectivity index (χ4v) is 1.04. The van der Waals surface area contributed by atoms with E-state index in [1.807, 2.05) is 0 Å². The molecule has 0 fully saturated rings. The van der Waals surface area contributed by atoms with Crippen molar-refractivity contribution >= 4 is 11.7 Å². The SMILES string of the molecule is Nc1cc[nH+]cc1.O=C(O)c1ccccc1[O-]. The van der Waals surface area contributed by atoms with Crippen LogP contribution in [-0.4, -0.2) is 11.1 Å². The number of hydrogen-bond donors (Lipinski definition) is 2. The van der Waals surface area contributed by atoms with E-state index in [4.69, 9.17) is 10.8 Å². The molecule has 0 aliphatic rings. The van der Waals surface area contributed by atoms with Gasteiger partial charge in [0.15, 0.2) is 12.4 Å². The maximum Gasteiger partial charge on any atom is 0.335 e. The molecule has 1 aromatic carbocycles. The maximum atomic E-state index is 10.7. The number of carboxylic acids is 1. The van der Waals surface area contributed by atoms with Gasteiger partial charge in [-0.05, 0) is 6.07 Å². The Morgan fingerprint density at radius 3 is 2.12 bits per heavy atom. The topological polar surface area (TPSA) is 101 Å². The zero-order valence-corrected chi connectivity index (χ0v) is 8.96. The summed E-state index contributed by atoms with van der Waals surface area (Å²) in [6.45, 7) is 0. The van der Waals surface area contributed by atoms with Crippen LogP contribution in [0.25, 0.3) is 0 Å². The Morgan fingerprint density at radius 1 is 1.18 bits per heavy atom. The van der Waals surface area contributed by atoms with Crippen LogP contribution in [-0.2, 0) is 0 Å². The Labute approximate surface area is 98.2 Å². The Hall–Kier alpha value is -2.56. The van der Waals surface area contributed by atoms with Crippen LogP contribution < -0.4 is 15.8 Å². The maximum absolute atomic E-state index is 10.7. The highest BCUT2D eigenvalue weighted by Gasteiger charge is 1.99. The Kier molecular flexibility index (Phi) is 4.50. The fraction of sp³-hybridized carbons (Fsp3) is 0. The molecule has 0 saturated heterocycles. The first-order valence-corrected chi connectivity index (χ1v) is 4.82. The molecule has 88 valence electrons. The van der Waals surface area contributed by atoms with Crippen LogP contribution in [0, 0.1) is 0 Å². The third-order valence-electron chi connectivity index (χ3n) is 1.86. The van der Waals surface area contributed by atoms with Crippen molar-refractivity contribution in [3.8, 4) is 5.75 Å². The van der Waals surface area contributed by atoms with Crippen molar-refractivity contribution in [2.45, 2.75) is 0 Å². The number of nitrogen functional groups attached to an aromatic ring is 1. The summed E-state index contributed by atoms with van der Waals surface area (Å²) < 4.78 is 0. The summed E-state index contributed by atoms with van der Waals surface area (Å²) >= 11 is 0. The molecule has 17 heavy (non-hydrogen) atoms. The van der Waals surface area contributed by atoms with Crippen LogP contribution >= 0.6 is 0 Å². The number of rotatable bonds is 1. The number of pyridine rings is 1. The van der Waals surface area contributed by atoms with Gasteiger partial charge in [0.1, 0.15) is 0 Å². The molecule has 0 radical (unpaired) electrons. The van der Waals surface area contributed by atoms with E-state index in [2.05, 4.69) is 4.98 Å². The molecule has 1 heterocycles. The van der Waals surface area contributed by atoms with Crippen LogP contribution in [0.1, 0.15) is 10.4 Å². The minimum atomic E-state index is -1.18. The van der Waals surface area contributed by atoms with Gasteiger partial charge < -0.3 is 15.9 Å². The number of carboxylic acid groups (broad SMARTS) is 1. The van der Waals surface area contributed by atoms with E-state index in [0.29, 0.717) is 0 Å². The van der Waals surface area contributed by atoms with Gasteiger partial charge in [-0.25, -0.2) is 9.78 Å². The molecule has 5 heteroatoms. The standard InChI is InChI=1S/C7H6O3.C5H6N2/c8-6-4-2-1-3-5(6)7(9)10;6-5-1-3-7-4-2-5/h1-4,8H,(H,9,10);1-4H,(H2,6,7). The minimum absolute atomic E-state index is 0.178. The molecule has 0 unspecified atom stereocenters. The third kappa shape index (κ3) is 4.21. The molecule has 2 aromatic rings. The van der Waals surface area contributed by atoms with Gasteiger partial charge >= 0.3 is 5.97 Å². The Balaban J connectivity index is 0.000000181. The highest BCUT2D eigenvalue weighted by molar-refractivity contribution is 5.90. The molecule has 5 nitrogen and oxygen atoms in total. The average molecular weight is 232 g/mol. The number of nitrogens with two attached hydrogens (primary N) is 1. The summed E-state index contributed by atoms with van der Waals surface area (Å²) in [6, 6.07) is 9.15. The lowest BCUT2D eigenvalue weighted by Crippen LogP contribution is -2.02. The van der Waals surface area contributed by atoms with Crippen molar-refractivity contribution in [2.75, 3.05) is 5.73 Å². The largest absolute Gasteiger partial charge is 0.872 e. The van der Waals surface area contributed by atoms with Crippen molar-refractivity contribution < 1.29 is 20.0 Å².